The van der Waals surface area contributed by atoms with Crippen LogP contribution in [0.2, 0.25) is 0 Å². The summed E-state index contributed by atoms with van der Waals surface area (Å²) in [7, 11) is -3.74. The number of carbonyl (C=O) groups is 2. The maximum atomic E-state index is 12.3. The van der Waals surface area contributed by atoms with Crippen LogP contribution in [0.15, 0.2) is 47.4 Å². The molecule has 166 valence electrons. The number of amides is 2. The van der Waals surface area contributed by atoms with E-state index in [9.17, 15) is 18.0 Å². The van der Waals surface area contributed by atoms with Crippen molar-refractivity contribution < 1.29 is 27.5 Å². The molecule has 0 aliphatic carbocycles. The van der Waals surface area contributed by atoms with Crippen molar-refractivity contribution in [3.63, 3.8) is 0 Å². The Kier molecular flexibility index (Phi) is 7.48. The van der Waals surface area contributed by atoms with Gasteiger partial charge in [0.05, 0.1) is 4.90 Å². The smallest absolute Gasteiger partial charge is 0.240 e. The summed E-state index contributed by atoms with van der Waals surface area (Å²) in [6.45, 7) is 2.83. The SMILES string of the molecule is CC(=O)Nc1ccc(S(=O)(=O)NCCC(=O)NCCc2ccc3c(c2)OCCO3)cc1. The molecule has 1 aliphatic rings. The summed E-state index contributed by atoms with van der Waals surface area (Å²) in [6, 6.07) is 11.4. The van der Waals surface area contributed by atoms with Crippen molar-refractivity contribution in [2.45, 2.75) is 24.7 Å². The molecule has 2 aromatic carbocycles. The number of rotatable bonds is 9. The van der Waals surface area contributed by atoms with Gasteiger partial charge in [-0.05, 0) is 48.4 Å². The Morgan fingerprint density at radius 1 is 0.968 bits per heavy atom. The summed E-state index contributed by atoms with van der Waals surface area (Å²) in [4.78, 5) is 23.1. The van der Waals surface area contributed by atoms with Crippen LogP contribution in [0.3, 0.4) is 0 Å². The zero-order valence-corrected chi connectivity index (χ0v) is 18.0. The highest BCUT2D eigenvalue weighted by Crippen LogP contribution is 2.30. The first kappa shape index (κ1) is 22.6. The molecule has 0 radical (unpaired) electrons. The normalized spacial score (nSPS) is 12.8. The van der Waals surface area contributed by atoms with E-state index in [1.807, 2.05) is 18.2 Å². The second kappa shape index (κ2) is 10.3. The number of nitrogens with one attached hydrogen (secondary N) is 3. The Morgan fingerprint density at radius 3 is 2.39 bits per heavy atom. The summed E-state index contributed by atoms with van der Waals surface area (Å²) in [5.74, 6) is 0.931. The van der Waals surface area contributed by atoms with Crippen LogP contribution in [0.25, 0.3) is 0 Å². The summed E-state index contributed by atoms with van der Waals surface area (Å²) in [6.07, 6.45) is 0.638. The lowest BCUT2D eigenvalue weighted by Crippen LogP contribution is -2.31. The molecule has 31 heavy (non-hydrogen) atoms. The molecule has 10 heteroatoms. The van der Waals surface area contributed by atoms with E-state index in [2.05, 4.69) is 15.4 Å². The van der Waals surface area contributed by atoms with Gasteiger partial charge in [-0.3, -0.25) is 9.59 Å². The van der Waals surface area contributed by atoms with Gasteiger partial charge in [0, 0.05) is 32.1 Å². The monoisotopic (exact) mass is 447 g/mol. The lowest BCUT2D eigenvalue weighted by molar-refractivity contribution is -0.121. The average molecular weight is 448 g/mol. The second-order valence-corrected chi connectivity index (χ2v) is 8.70. The first-order chi connectivity index (χ1) is 14.8. The first-order valence-electron chi connectivity index (χ1n) is 9.86. The van der Waals surface area contributed by atoms with Crippen LogP contribution in [0, 0.1) is 0 Å². The maximum Gasteiger partial charge on any atom is 0.240 e. The van der Waals surface area contributed by atoms with Gasteiger partial charge in [0.2, 0.25) is 21.8 Å². The Morgan fingerprint density at radius 2 is 1.68 bits per heavy atom. The van der Waals surface area contributed by atoms with Crippen LogP contribution in [-0.4, -0.2) is 46.5 Å². The van der Waals surface area contributed by atoms with E-state index >= 15 is 0 Å². The summed E-state index contributed by atoms with van der Waals surface area (Å²) < 4.78 is 38.0. The highest BCUT2D eigenvalue weighted by Gasteiger charge is 2.15. The fourth-order valence-corrected chi connectivity index (χ4v) is 4.01. The van der Waals surface area contributed by atoms with Crippen molar-refractivity contribution in [3.8, 4) is 11.5 Å². The average Bonchev–Trinajstić information content (AvgIpc) is 2.73. The number of sulfonamides is 1. The fourth-order valence-electron chi connectivity index (χ4n) is 2.98. The van der Waals surface area contributed by atoms with Gasteiger partial charge in [0.15, 0.2) is 11.5 Å². The zero-order chi connectivity index (χ0) is 22.3. The molecule has 0 atom stereocenters. The maximum absolute atomic E-state index is 12.3. The van der Waals surface area contributed by atoms with Gasteiger partial charge >= 0.3 is 0 Å². The standard InChI is InChI=1S/C21H25N3O6S/c1-15(25)24-17-3-5-18(6-4-17)31(27,28)23-11-9-21(26)22-10-8-16-2-7-19-20(14-16)30-13-12-29-19/h2-7,14,23H,8-13H2,1H3,(H,22,26)(H,24,25). The molecule has 0 spiro atoms. The molecule has 9 nitrogen and oxygen atoms in total. The minimum absolute atomic E-state index is 0.0182. The van der Waals surface area contributed by atoms with Crippen molar-refractivity contribution in [2.75, 3.05) is 31.6 Å². The van der Waals surface area contributed by atoms with Crippen LogP contribution < -0.4 is 24.8 Å². The van der Waals surface area contributed by atoms with E-state index in [1.54, 1.807) is 0 Å². The fraction of sp³-hybridized carbons (Fsp3) is 0.333. The molecule has 1 heterocycles. The van der Waals surface area contributed by atoms with Gasteiger partial charge in [-0.2, -0.15) is 0 Å². The molecular formula is C21H25N3O6S. The van der Waals surface area contributed by atoms with E-state index in [0.717, 1.165) is 11.3 Å². The van der Waals surface area contributed by atoms with Gasteiger partial charge in [-0.15, -0.1) is 0 Å². The minimum atomic E-state index is -3.74. The Labute approximate surface area is 181 Å². The molecule has 0 aromatic heterocycles. The van der Waals surface area contributed by atoms with E-state index in [1.165, 1.54) is 31.2 Å². The Hall–Kier alpha value is -3.11. The molecule has 3 rings (SSSR count). The molecule has 0 unspecified atom stereocenters. The number of hydrogen-bond acceptors (Lipinski definition) is 6. The van der Waals surface area contributed by atoms with Crippen LogP contribution in [0.4, 0.5) is 5.69 Å². The zero-order valence-electron chi connectivity index (χ0n) is 17.1. The van der Waals surface area contributed by atoms with Gasteiger partial charge in [-0.1, -0.05) is 6.07 Å². The van der Waals surface area contributed by atoms with Crippen LogP contribution in [0.5, 0.6) is 11.5 Å². The van der Waals surface area contributed by atoms with Gasteiger partial charge in [-0.25, -0.2) is 13.1 Å². The first-order valence-corrected chi connectivity index (χ1v) is 11.3. The third-order valence-electron chi connectivity index (χ3n) is 4.47. The number of anilines is 1. The van der Waals surface area contributed by atoms with Crippen molar-refractivity contribution in [1.29, 1.82) is 0 Å². The van der Waals surface area contributed by atoms with Crippen LogP contribution >= 0.6 is 0 Å². The van der Waals surface area contributed by atoms with Crippen LogP contribution in [0.1, 0.15) is 18.9 Å². The Balaban J connectivity index is 1.39. The summed E-state index contributed by atoms with van der Waals surface area (Å²) in [5.41, 5.74) is 1.51. The topological polar surface area (TPSA) is 123 Å². The number of fused-ring (bicyclic) bond motifs is 1. The van der Waals surface area contributed by atoms with E-state index < -0.39 is 10.0 Å². The van der Waals surface area contributed by atoms with E-state index in [4.69, 9.17) is 9.47 Å². The number of ether oxygens (including phenoxy) is 2. The quantitative estimate of drug-likeness (QED) is 0.535. The minimum Gasteiger partial charge on any atom is -0.486 e. The van der Waals surface area contributed by atoms with Crippen molar-refractivity contribution >= 4 is 27.5 Å². The van der Waals surface area contributed by atoms with Gasteiger partial charge in [0.1, 0.15) is 13.2 Å². The van der Waals surface area contributed by atoms with Crippen molar-refractivity contribution in [2.24, 2.45) is 0 Å². The molecule has 1 aliphatic heterocycles. The molecular weight excluding hydrogens is 422 g/mol. The lowest BCUT2D eigenvalue weighted by Gasteiger charge is -2.18. The molecule has 0 bridgehead atoms. The number of benzene rings is 2. The highest BCUT2D eigenvalue weighted by atomic mass is 32.2. The van der Waals surface area contributed by atoms with Crippen molar-refractivity contribution in [3.05, 3.63) is 48.0 Å². The molecule has 0 fully saturated rings. The third kappa shape index (κ3) is 6.69. The molecule has 0 saturated heterocycles. The Bertz CT molecular complexity index is 1040. The van der Waals surface area contributed by atoms with Gasteiger partial charge < -0.3 is 20.1 Å². The molecule has 3 N–H and O–H groups in total. The van der Waals surface area contributed by atoms with Crippen molar-refractivity contribution in [1.82, 2.24) is 10.0 Å². The highest BCUT2D eigenvalue weighted by molar-refractivity contribution is 7.89. The largest absolute Gasteiger partial charge is 0.486 e. The molecule has 0 saturated carbocycles. The molecule has 2 aromatic rings. The van der Waals surface area contributed by atoms with E-state index in [-0.39, 0.29) is 29.7 Å². The molecule has 2 amide bonds. The van der Waals surface area contributed by atoms with Crippen LogP contribution in [-0.2, 0) is 26.0 Å². The number of hydrogen-bond donors (Lipinski definition) is 3. The third-order valence-corrected chi connectivity index (χ3v) is 5.95. The second-order valence-electron chi connectivity index (χ2n) is 6.93. The van der Waals surface area contributed by atoms with Gasteiger partial charge in [0.25, 0.3) is 0 Å². The lowest BCUT2D eigenvalue weighted by atomic mass is 10.1. The number of carbonyl (C=O) groups excluding carboxylic acids is 2. The predicted molar refractivity (Wildman–Crippen MR) is 115 cm³/mol. The summed E-state index contributed by atoms with van der Waals surface area (Å²) >= 11 is 0. The van der Waals surface area contributed by atoms with E-state index in [0.29, 0.717) is 37.6 Å². The predicted octanol–water partition coefficient (Wildman–Crippen LogP) is 1.44. The summed E-state index contributed by atoms with van der Waals surface area (Å²) in [5, 5.41) is 5.34.